The smallest absolute Gasteiger partial charge is 0.0669 e. The van der Waals surface area contributed by atoms with Crippen LogP contribution >= 0.6 is 12.6 Å². The lowest BCUT2D eigenvalue weighted by Gasteiger charge is -2.25. The first-order valence-electron chi connectivity index (χ1n) is 18.9. The van der Waals surface area contributed by atoms with Gasteiger partial charge in [-0.3, -0.25) is 4.99 Å². The Morgan fingerprint density at radius 1 is 0.423 bits per heavy atom. The normalized spacial score (nSPS) is 16.4. The van der Waals surface area contributed by atoms with Crippen molar-refractivity contribution < 1.29 is 0 Å². The molecular weight excluding hydrogens is 647 g/mol. The average Bonchev–Trinajstić information content (AvgIpc) is 3.84. The summed E-state index contributed by atoms with van der Waals surface area (Å²) in [5.74, 6) is 0. The Labute approximate surface area is 316 Å². The van der Waals surface area contributed by atoms with Crippen LogP contribution in [0, 0.1) is 0 Å². The van der Waals surface area contributed by atoms with Crippen molar-refractivity contribution in [3.63, 3.8) is 0 Å². The molecule has 260 valence electrons. The fraction of sp³-hybridized carbons (Fsp3) is 0.260. The SMILES string of the molecule is CC.CC1(C)c2cc(C3=Nc4ccccc4C3)ccc2-c2cc3c(cc21)-c1cc2c(cc1C3(C)C)-c1ccc(-c3ccccc3)cc1C2(C)C.CS. The second-order valence-corrected chi connectivity index (χ2v) is 16.0. The molecule has 6 aromatic carbocycles. The van der Waals surface area contributed by atoms with Gasteiger partial charge in [0.25, 0.3) is 0 Å². The molecule has 3 aliphatic carbocycles. The van der Waals surface area contributed by atoms with Crippen LogP contribution in [0.5, 0.6) is 0 Å². The molecule has 0 saturated carbocycles. The van der Waals surface area contributed by atoms with Crippen LogP contribution in [-0.2, 0) is 22.7 Å². The lowest BCUT2D eigenvalue weighted by Crippen LogP contribution is -2.17. The van der Waals surface area contributed by atoms with Gasteiger partial charge in [-0.2, -0.15) is 12.6 Å². The Morgan fingerprint density at radius 2 is 0.827 bits per heavy atom. The van der Waals surface area contributed by atoms with E-state index in [2.05, 4.69) is 169 Å². The lowest BCUT2D eigenvalue weighted by molar-refractivity contribution is 0.649. The van der Waals surface area contributed by atoms with Crippen LogP contribution in [0.3, 0.4) is 0 Å². The number of hydrogen-bond donors (Lipinski definition) is 1. The molecule has 1 heterocycles. The van der Waals surface area contributed by atoms with E-state index in [0.717, 1.165) is 12.1 Å². The summed E-state index contributed by atoms with van der Waals surface area (Å²) < 4.78 is 0. The zero-order chi connectivity index (χ0) is 36.7. The quantitative estimate of drug-likeness (QED) is 0.173. The summed E-state index contributed by atoms with van der Waals surface area (Å²) in [6, 6.07) is 43.7. The predicted octanol–water partition coefficient (Wildman–Crippen LogP) is 13.5. The standard InChI is InChI=1S/C47H39N.C2H6.CH4S/c1-45(2)37-20-28(27-12-8-7-9-13-27)16-18-31(37)33-23-41-35(25-39(33)45)36-26-40-34(24-42(36)47(41,5)6)32-19-17-30(21-38(32)46(40,3)4)44-22-29-14-10-11-15-43(29)48-44;2*1-2/h7-21,23-26H,22H2,1-6H3;1-2H3;2H,1H3. The van der Waals surface area contributed by atoms with Crippen molar-refractivity contribution in [2.75, 3.05) is 6.26 Å². The molecule has 0 saturated heterocycles. The number of thiol groups is 1. The molecule has 0 fully saturated rings. The van der Waals surface area contributed by atoms with Gasteiger partial charge in [0.05, 0.1) is 11.4 Å². The van der Waals surface area contributed by atoms with Gasteiger partial charge < -0.3 is 0 Å². The molecular formula is C50H49NS. The maximum Gasteiger partial charge on any atom is 0.0669 e. The summed E-state index contributed by atoms with van der Waals surface area (Å²) in [5, 5.41) is 0. The molecule has 0 unspecified atom stereocenters. The molecule has 0 amide bonds. The Balaban J connectivity index is 0.000000937. The highest BCUT2D eigenvalue weighted by Crippen LogP contribution is 2.59. The number of rotatable bonds is 2. The van der Waals surface area contributed by atoms with Crippen LogP contribution in [0.4, 0.5) is 5.69 Å². The number of hydrogen-bond acceptors (Lipinski definition) is 2. The summed E-state index contributed by atoms with van der Waals surface area (Å²) in [4.78, 5) is 5.03. The van der Waals surface area contributed by atoms with Crippen LogP contribution in [0.2, 0.25) is 0 Å². The van der Waals surface area contributed by atoms with Crippen LogP contribution in [0.25, 0.3) is 44.5 Å². The second kappa shape index (κ2) is 12.2. The minimum absolute atomic E-state index is 0.0807. The molecule has 0 atom stereocenters. The number of para-hydroxylation sites is 1. The molecule has 4 aliphatic rings. The molecule has 0 N–H and O–H groups in total. The summed E-state index contributed by atoms with van der Waals surface area (Å²) in [5.41, 5.74) is 24.1. The van der Waals surface area contributed by atoms with E-state index < -0.39 is 0 Å². The molecule has 6 aromatic rings. The van der Waals surface area contributed by atoms with Crippen LogP contribution in [0.1, 0.15) is 99.9 Å². The average molecular weight is 696 g/mol. The maximum atomic E-state index is 5.03. The topological polar surface area (TPSA) is 12.4 Å². The van der Waals surface area contributed by atoms with Gasteiger partial charge in [-0.15, -0.1) is 0 Å². The Kier molecular flexibility index (Phi) is 8.08. The number of aliphatic imine (C=N–C) groups is 1. The van der Waals surface area contributed by atoms with E-state index in [4.69, 9.17) is 4.99 Å². The van der Waals surface area contributed by atoms with E-state index in [1.807, 2.05) is 13.8 Å². The highest BCUT2D eigenvalue weighted by molar-refractivity contribution is 7.79. The second-order valence-electron chi connectivity index (χ2n) is 16.0. The molecule has 0 bridgehead atoms. The van der Waals surface area contributed by atoms with Gasteiger partial charge >= 0.3 is 0 Å². The zero-order valence-electron chi connectivity index (χ0n) is 32.1. The summed E-state index contributed by atoms with van der Waals surface area (Å²) in [6.07, 6.45) is 2.60. The molecule has 0 radical (unpaired) electrons. The maximum absolute atomic E-state index is 5.03. The molecule has 0 spiro atoms. The van der Waals surface area contributed by atoms with Crippen LogP contribution in [0.15, 0.2) is 120 Å². The number of fused-ring (bicyclic) bond motifs is 10. The van der Waals surface area contributed by atoms with E-state index >= 15 is 0 Å². The van der Waals surface area contributed by atoms with E-state index in [9.17, 15) is 0 Å². The van der Waals surface area contributed by atoms with Gasteiger partial charge in [-0.25, -0.2) is 0 Å². The van der Waals surface area contributed by atoms with Crippen molar-refractivity contribution in [1.29, 1.82) is 0 Å². The number of benzene rings is 6. The van der Waals surface area contributed by atoms with E-state index in [-0.39, 0.29) is 16.2 Å². The van der Waals surface area contributed by atoms with Gasteiger partial charge in [0.15, 0.2) is 0 Å². The van der Waals surface area contributed by atoms with E-state index in [1.54, 1.807) is 6.26 Å². The summed E-state index contributed by atoms with van der Waals surface area (Å²) in [7, 11) is 0. The Hall–Kier alpha value is -4.66. The third kappa shape index (κ3) is 4.80. The van der Waals surface area contributed by atoms with Crippen molar-refractivity contribution in [1.82, 2.24) is 0 Å². The van der Waals surface area contributed by atoms with E-state index in [0.29, 0.717) is 0 Å². The van der Waals surface area contributed by atoms with E-state index in [1.165, 1.54) is 94.7 Å². The van der Waals surface area contributed by atoms with Crippen molar-refractivity contribution in [3.8, 4) is 44.5 Å². The van der Waals surface area contributed by atoms with Crippen LogP contribution < -0.4 is 0 Å². The third-order valence-corrected chi connectivity index (χ3v) is 12.3. The lowest BCUT2D eigenvalue weighted by atomic mass is 9.78. The molecule has 10 rings (SSSR count). The first kappa shape index (κ1) is 34.4. The highest BCUT2D eigenvalue weighted by atomic mass is 32.1. The third-order valence-electron chi connectivity index (χ3n) is 12.3. The van der Waals surface area contributed by atoms with Gasteiger partial charge in [-0.1, -0.05) is 128 Å². The fourth-order valence-electron chi connectivity index (χ4n) is 9.48. The predicted molar refractivity (Wildman–Crippen MR) is 227 cm³/mol. The minimum Gasteiger partial charge on any atom is -0.252 e. The molecule has 1 aliphatic heterocycles. The van der Waals surface area contributed by atoms with Crippen LogP contribution in [-0.4, -0.2) is 12.0 Å². The molecule has 2 heteroatoms. The Morgan fingerprint density at radius 3 is 1.33 bits per heavy atom. The molecule has 1 nitrogen and oxygen atoms in total. The van der Waals surface area contributed by atoms with Gasteiger partial charge in [-0.05, 0) is 138 Å². The van der Waals surface area contributed by atoms with Crippen molar-refractivity contribution >= 4 is 24.0 Å². The summed E-state index contributed by atoms with van der Waals surface area (Å²) in [6.45, 7) is 18.5. The minimum atomic E-state index is -0.102. The van der Waals surface area contributed by atoms with Crippen molar-refractivity contribution in [2.24, 2.45) is 4.99 Å². The fourth-order valence-corrected chi connectivity index (χ4v) is 9.48. The highest BCUT2D eigenvalue weighted by Gasteiger charge is 2.44. The number of nitrogens with zero attached hydrogens (tertiary/aromatic N) is 1. The first-order valence-corrected chi connectivity index (χ1v) is 19.8. The van der Waals surface area contributed by atoms with Gasteiger partial charge in [0.2, 0.25) is 0 Å². The van der Waals surface area contributed by atoms with Crippen molar-refractivity contribution in [2.45, 2.75) is 78.1 Å². The first-order chi connectivity index (χ1) is 25.0. The largest absolute Gasteiger partial charge is 0.252 e. The van der Waals surface area contributed by atoms with Gasteiger partial charge in [0.1, 0.15) is 0 Å². The Bertz CT molecular complexity index is 2440. The molecule has 52 heavy (non-hydrogen) atoms. The zero-order valence-corrected chi connectivity index (χ0v) is 33.0. The van der Waals surface area contributed by atoms with Crippen molar-refractivity contribution in [3.05, 3.63) is 160 Å². The monoisotopic (exact) mass is 695 g/mol. The summed E-state index contributed by atoms with van der Waals surface area (Å²) >= 11 is 3.53. The van der Waals surface area contributed by atoms with Gasteiger partial charge in [0, 0.05) is 22.7 Å². The molecule has 0 aromatic heterocycles.